The van der Waals surface area contributed by atoms with E-state index in [-0.39, 0.29) is 0 Å². The zero-order valence-corrected chi connectivity index (χ0v) is 29.4. The van der Waals surface area contributed by atoms with E-state index < -0.39 is 0 Å². The normalized spacial score (nSPS) is 11.5. The van der Waals surface area contributed by atoms with Crippen LogP contribution in [0.2, 0.25) is 0 Å². The van der Waals surface area contributed by atoms with Gasteiger partial charge in [0.2, 0.25) is 0 Å². The van der Waals surface area contributed by atoms with Crippen LogP contribution in [0, 0.1) is 0 Å². The van der Waals surface area contributed by atoms with Crippen molar-refractivity contribution in [3.05, 3.63) is 176 Å². The first-order valence-electron chi connectivity index (χ1n) is 17.1. The molecule has 0 N–H and O–H groups in total. The van der Waals surface area contributed by atoms with Crippen molar-refractivity contribution in [1.82, 2.24) is 9.97 Å². The summed E-state index contributed by atoms with van der Waals surface area (Å²) < 4.78 is 8.32. The molecule has 4 nitrogen and oxygen atoms in total. The van der Waals surface area contributed by atoms with E-state index in [1.807, 2.05) is 24.3 Å². The molecule has 0 spiro atoms. The Morgan fingerprint density at radius 2 is 0.923 bits per heavy atom. The molecule has 0 aliphatic carbocycles. The molecule has 0 radical (unpaired) electrons. The van der Waals surface area contributed by atoms with Gasteiger partial charge in [-0.2, -0.15) is 0 Å². The molecule has 0 bridgehead atoms. The van der Waals surface area contributed by atoms with Gasteiger partial charge in [-0.25, -0.2) is 9.97 Å². The number of hydrogen-bond acceptors (Lipinski definition) is 6. The number of nitrogens with zero attached hydrogens (tertiary/aromatic N) is 3. The van der Waals surface area contributed by atoms with E-state index in [1.54, 1.807) is 28.9 Å². The minimum Gasteiger partial charge on any atom is -0.464 e. The standard InChI is InChI=1S/C46H29N3OS2/c1-2-8-31(9-3-1)39-29-35(28-34-26-27-50-44(34)39)30-14-20-36(21-15-30)49(37-22-16-32(17-23-37)45-47-40-10-4-6-12-42(40)51-45)38-24-18-33(19-25-38)46-48-41-11-5-7-13-43(41)52-46/h1-29H. The van der Waals surface area contributed by atoms with E-state index in [9.17, 15) is 0 Å². The zero-order valence-electron chi connectivity index (χ0n) is 27.8. The van der Waals surface area contributed by atoms with Crippen LogP contribution in [0.15, 0.2) is 181 Å². The molecule has 0 aliphatic heterocycles. The molecular formula is C46H29N3OS2. The highest BCUT2D eigenvalue weighted by Gasteiger charge is 2.16. The summed E-state index contributed by atoms with van der Waals surface area (Å²) in [5.41, 5.74) is 12.9. The molecule has 3 aromatic heterocycles. The maximum atomic E-state index is 5.93. The third-order valence-corrected chi connectivity index (χ3v) is 11.6. The monoisotopic (exact) mass is 703 g/mol. The smallest absolute Gasteiger partial charge is 0.141 e. The lowest BCUT2D eigenvalue weighted by Gasteiger charge is -2.26. The van der Waals surface area contributed by atoms with E-state index >= 15 is 0 Å². The van der Waals surface area contributed by atoms with Gasteiger partial charge in [0.1, 0.15) is 15.6 Å². The molecule has 0 saturated carbocycles. The Morgan fingerprint density at radius 3 is 1.46 bits per heavy atom. The highest BCUT2D eigenvalue weighted by atomic mass is 32.1. The zero-order chi connectivity index (χ0) is 34.4. The average molecular weight is 704 g/mol. The Bertz CT molecular complexity index is 2650. The third kappa shape index (κ3) is 5.55. The van der Waals surface area contributed by atoms with Gasteiger partial charge in [-0.1, -0.05) is 66.7 Å². The van der Waals surface area contributed by atoms with Crippen molar-refractivity contribution >= 4 is 71.1 Å². The predicted molar refractivity (Wildman–Crippen MR) is 219 cm³/mol. The lowest BCUT2D eigenvalue weighted by atomic mass is 9.96. The third-order valence-electron chi connectivity index (χ3n) is 9.43. The number of rotatable bonds is 7. The summed E-state index contributed by atoms with van der Waals surface area (Å²) in [5.74, 6) is 0. The summed E-state index contributed by atoms with van der Waals surface area (Å²) in [7, 11) is 0. The highest BCUT2D eigenvalue weighted by molar-refractivity contribution is 7.22. The summed E-state index contributed by atoms with van der Waals surface area (Å²) in [5, 5.41) is 3.13. The first-order valence-corrected chi connectivity index (χ1v) is 18.8. The molecule has 10 rings (SSSR count). The number of hydrogen-bond donors (Lipinski definition) is 0. The van der Waals surface area contributed by atoms with Gasteiger partial charge in [0.15, 0.2) is 0 Å². The Kier molecular flexibility index (Phi) is 7.48. The van der Waals surface area contributed by atoms with Crippen LogP contribution in [0.3, 0.4) is 0 Å². The molecule has 246 valence electrons. The van der Waals surface area contributed by atoms with Crippen LogP contribution in [-0.2, 0) is 0 Å². The fourth-order valence-corrected chi connectivity index (χ4v) is 8.77. The second kappa shape index (κ2) is 12.8. The van der Waals surface area contributed by atoms with Crippen molar-refractivity contribution in [3.8, 4) is 43.4 Å². The molecule has 10 aromatic rings. The van der Waals surface area contributed by atoms with Gasteiger partial charge in [-0.15, -0.1) is 22.7 Å². The second-order valence-electron chi connectivity index (χ2n) is 12.7. The van der Waals surface area contributed by atoms with Gasteiger partial charge < -0.3 is 9.32 Å². The van der Waals surface area contributed by atoms with Crippen molar-refractivity contribution in [2.24, 2.45) is 0 Å². The number of para-hydroxylation sites is 2. The van der Waals surface area contributed by atoms with Gasteiger partial charge in [0.25, 0.3) is 0 Å². The lowest BCUT2D eigenvalue weighted by Crippen LogP contribution is -2.09. The summed E-state index contributed by atoms with van der Waals surface area (Å²) >= 11 is 3.45. The van der Waals surface area contributed by atoms with Crippen molar-refractivity contribution in [2.45, 2.75) is 0 Å². The topological polar surface area (TPSA) is 42.2 Å². The molecule has 0 fully saturated rings. The van der Waals surface area contributed by atoms with Crippen LogP contribution in [0.5, 0.6) is 0 Å². The van der Waals surface area contributed by atoms with Crippen LogP contribution in [0.25, 0.3) is 74.8 Å². The van der Waals surface area contributed by atoms with E-state index in [0.717, 1.165) is 82.5 Å². The minimum absolute atomic E-state index is 0.904. The van der Waals surface area contributed by atoms with Gasteiger partial charge in [0, 0.05) is 39.1 Å². The average Bonchev–Trinajstić information content (AvgIpc) is 3.98. The molecule has 52 heavy (non-hydrogen) atoms. The van der Waals surface area contributed by atoms with E-state index in [1.165, 1.54) is 9.40 Å². The van der Waals surface area contributed by atoms with Crippen LogP contribution < -0.4 is 4.90 Å². The number of anilines is 3. The number of aromatic nitrogens is 2. The minimum atomic E-state index is 0.904. The maximum Gasteiger partial charge on any atom is 0.141 e. The van der Waals surface area contributed by atoms with E-state index in [4.69, 9.17) is 14.4 Å². The molecule has 0 unspecified atom stereocenters. The fraction of sp³-hybridized carbons (Fsp3) is 0. The van der Waals surface area contributed by atoms with Gasteiger partial charge >= 0.3 is 0 Å². The first-order chi connectivity index (χ1) is 25.7. The lowest BCUT2D eigenvalue weighted by molar-refractivity contribution is 0.617. The molecular weight excluding hydrogens is 675 g/mol. The Hall–Kier alpha value is -6.34. The van der Waals surface area contributed by atoms with Crippen LogP contribution in [-0.4, -0.2) is 9.97 Å². The molecule has 3 heterocycles. The second-order valence-corrected chi connectivity index (χ2v) is 14.7. The molecule has 0 saturated heterocycles. The predicted octanol–water partition coefficient (Wildman–Crippen LogP) is 13.8. The number of fused-ring (bicyclic) bond motifs is 3. The Balaban J connectivity index is 1.03. The van der Waals surface area contributed by atoms with Crippen LogP contribution in [0.4, 0.5) is 17.1 Å². The highest BCUT2D eigenvalue weighted by Crippen LogP contribution is 2.40. The summed E-state index contributed by atoms with van der Waals surface area (Å²) in [6.07, 6.45) is 1.77. The van der Waals surface area contributed by atoms with Crippen molar-refractivity contribution in [2.75, 3.05) is 4.90 Å². The summed E-state index contributed by atoms with van der Waals surface area (Å²) in [6, 6.07) is 59.8. The van der Waals surface area contributed by atoms with Crippen molar-refractivity contribution in [3.63, 3.8) is 0 Å². The van der Waals surface area contributed by atoms with Gasteiger partial charge in [0.05, 0.1) is 26.7 Å². The maximum absolute atomic E-state index is 5.93. The van der Waals surface area contributed by atoms with Crippen LogP contribution in [0.1, 0.15) is 0 Å². The van der Waals surface area contributed by atoms with Crippen molar-refractivity contribution in [1.29, 1.82) is 0 Å². The SMILES string of the molecule is c1ccc(-c2cc(-c3ccc(N(c4ccc(-c5nc6ccccc6s5)cc4)c4ccc(-c5nc6ccccc6s5)cc4)cc3)cc3ccoc23)cc1. The summed E-state index contributed by atoms with van der Waals surface area (Å²) in [4.78, 5) is 12.1. The molecule has 0 aliphatic rings. The largest absolute Gasteiger partial charge is 0.464 e. The first kappa shape index (κ1) is 30.5. The van der Waals surface area contributed by atoms with E-state index in [2.05, 4.69) is 150 Å². The quantitative estimate of drug-likeness (QED) is 0.166. The number of furan rings is 1. The molecule has 0 amide bonds. The molecule has 7 aromatic carbocycles. The van der Waals surface area contributed by atoms with Gasteiger partial charge in [-0.3, -0.25) is 0 Å². The van der Waals surface area contributed by atoms with Crippen LogP contribution >= 0.6 is 22.7 Å². The number of benzene rings is 7. The molecule has 0 atom stereocenters. The van der Waals surface area contributed by atoms with Crippen molar-refractivity contribution < 1.29 is 4.42 Å². The molecule has 6 heteroatoms. The summed E-state index contributed by atoms with van der Waals surface area (Å²) in [6.45, 7) is 0. The van der Waals surface area contributed by atoms with E-state index in [0.29, 0.717) is 0 Å². The number of thiazole rings is 2. The fourth-order valence-electron chi connectivity index (χ4n) is 6.83. The van der Waals surface area contributed by atoms with Gasteiger partial charge in [-0.05, 0) is 120 Å². The Morgan fingerprint density at radius 1 is 0.423 bits per heavy atom. The Labute approximate surface area is 308 Å².